The highest BCUT2D eigenvalue weighted by Gasteiger charge is 2.44. The number of amides is 4. The van der Waals surface area contributed by atoms with E-state index in [1.54, 1.807) is 0 Å². The highest BCUT2D eigenvalue weighted by molar-refractivity contribution is 8.19. The van der Waals surface area contributed by atoms with E-state index in [0.717, 1.165) is 57.0 Å². The van der Waals surface area contributed by atoms with Crippen molar-refractivity contribution in [3.05, 3.63) is 120 Å². The first-order valence-electron chi connectivity index (χ1n) is 19.3. The first-order chi connectivity index (χ1) is 27.9. The zero-order valence-corrected chi connectivity index (χ0v) is 35.6. The highest BCUT2D eigenvalue weighted by atomic mass is 32.2. The standard InChI is InChI=1S/C43H52N4O6S4/c1-3-50-23-25-52-35-19-15-31(16-20-35)37(46-41(48)44-33-11-7-5-8-12-33)39-54-27-43(28-55-39)29-56-40(57-30-43)38(47-42(49)45-34-13-9-6-10-14-34)32-17-21-36(22-18-32)53-26-24-51-4-2/h5-22,37-40H,3-4,23-30H2,1-2H3,(H2,44,46,48)(H2,45,47,49). The second-order valence-corrected chi connectivity index (χ2v) is 18.7. The molecule has 0 radical (unpaired) electrons. The number of thioether (sulfide) groups is 4. The fourth-order valence-electron chi connectivity index (χ4n) is 6.31. The monoisotopic (exact) mass is 848 g/mol. The van der Waals surface area contributed by atoms with E-state index in [1.807, 2.05) is 170 Å². The summed E-state index contributed by atoms with van der Waals surface area (Å²) in [7, 11) is 0. The van der Waals surface area contributed by atoms with E-state index in [0.29, 0.717) is 39.6 Å². The molecule has 4 aromatic rings. The van der Waals surface area contributed by atoms with Gasteiger partial charge in [-0.2, -0.15) is 0 Å². The summed E-state index contributed by atoms with van der Waals surface area (Å²) >= 11 is 7.66. The number of hydrogen-bond donors (Lipinski definition) is 4. The van der Waals surface area contributed by atoms with Gasteiger partial charge in [-0.1, -0.05) is 60.7 Å². The van der Waals surface area contributed by atoms with Crippen LogP contribution in [0.1, 0.15) is 37.1 Å². The van der Waals surface area contributed by atoms with Gasteiger partial charge in [0.2, 0.25) is 0 Å². The van der Waals surface area contributed by atoms with Crippen LogP contribution in [0.25, 0.3) is 0 Å². The molecule has 304 valence electrons. The molecule has 1 spiro atoms. The molecule has 4 amide bonds. The summed E-state index contributed by atoms with van der Waals surface area (Å²) in [4.78, 5) is 26.7. The van der Waals surface area contributed by atoms with Gasteiger partial charge < -0.3 is 40.2 Å². The Morgan fingerprint density at radius 3 is 1.28 bits per heavy atom. The molecule has 10 nitrogen and oxygen atoms in total. The molecule has 0 aromatic heterocycles. The zero-order valence-electron chi connectivity index (χ0n) is 32.4. The lowest BCUT2D eigenvalue weighted by molar-refractivity contribution is 0.110. The molecule has 2 unspecified atom stereocenters. The maximum Gasteiger partial charge on any atom is 0.319 e. The van der Waals surface area contributed by atoms with E-state index in [1.165, 1.54) is 0 Å². The summed E-state index contributed by atoms with van der Waals surface area (Å²) < 4.78 is 22.8. The van der Waals surface area contributed by atoms with Crippen molar-refractivity contribution in [2.75, 3.05) is 73.3 Å². The minimum Gasteiger partial charge on any atom is -0.491 e. The Morgan fingerprint density at radius 1 is 0.561 bits per heavy atom. The number of urea groups is 2. The molecular weight excluding hydrogens is 797 g/mol. The van der Waals surface area contributed by atoms with E-state index in [9.17, 15) is 9.59 Å². The van der Waals surface area contributed by atoms with Crippen molar-refractivity contribution in [3.63, 3.8) is 0 Å². The maximum atomic E-state index is 13.4. The van der Waals surface area contributed by atoms with Crippen LogP contribution in [0, 0.1) is 5.41 Å². The van der Waals surface area contributed by atoms with Gasteiger partial charge in [0, 0.05) is 53.0 Å². The van der Waals surface area contributed by atoms with E-state index in [2.05, 4.69) is 21.3 Å². The molecule has 0 bridgehead atoms. The third-order valence-electron chi connectivity index (χ3n) is 9.28. The molecule has 14 heteroatoms. The zero-order chi connectivity index (χ0) is 39.7. The predicted molar refractivity (Wildman–Crippen MR) is 239 cm³/mol. The maximum absolute atomic E-state index is 13.4. The Labute approximate surface area is 353 Å². The molecule has 4 N–H and O–H groups in total. The lowest BCUT2D eigenvalue weighted by Gasteiger charge is -2.46. The van der Waals surface area contributed by atoms with Crippen molar-refractivity contribution in [2.24, 2.45) is 5.41 Å². The first kappa shape index (κ1) is 42.9. The van der Waals surface area contributed by atoms with Gasteiger partial charge in [-0.3, -0.25) is 0 Å². The molecule has 57 heavy (non-hydrogen) atoms. The van der Waals surface area contributed by atoms with Crippen molar-refractivity contribution < 1.29 is 28.5 Å². The van der Waals surface area contributed by atoms with Crippen LogP contribution in [0.5, 0.6) is 11.5 Å². The summed E-state index contributed by atoms with van der Waals surface area (Å²) in [5.74, 6) is 5.41. The van der Waals surface area contributed by atoms with Crippen LogP contribution in [-0.2, 0) is 9.47 Å². The van der Waals surface area contributed by atoms with Crippen molar-refractivity contribution in [2.45, 2.75) is 35.1 Å². The second-order valence-electron chi connectivity index (χ2n) is 13.6. The minimum absolute atomic E-state index is 0.111. The average molecular weight is 849 g/mol. The van der Waals surface area contributed by atoms with Crippen molar-refractivity contribution in [1.29, 1.82) is 0 Å². The summed E-state index contributed by atoms with van der Waals surface area (Å²) in [5, 5.41) is 12.6. The van der Waals surface area contributed by atoms with Crippen LogP contribution in [0.15, 0.2) is 109 Å². The lowest BCUT2D eigenvalue weighted by Crippen LogP contribution is -2.46. The van der Waals surface area contributed by atoms with E-state index in [4.69, 9.17) is 18.9 Å². The number of para-hydroxylation sites is 2. The number of ether oxygens (including phenoxy) is 4. The van der Waals surface area contributed by atoms with Gasteiger partial charge in [-0.15, -0.1) is 47.0 Å². The van der Waals surface area contributed by atoms with Gasteiger partial charge in [-0.25, -0.2) is 9.59 Å². The van der Waals surface area contributed by atoms with Crippen LogP contribution >= 0.6 is 47.0 Å². The Hall–Kier alpha value is -3.66. The van der Waals surface area contributed by atoms with Gasteiger partial charge in [0.25, 0.3) is 0 Å². The Kier molecular flexibility index (Phi) is 16.9. The van der Waals surface area contributed by atoms with Crippen molar-refractivity contribution >= 4 is 70.5 Å². The quantitative estimate of drug-likeness (QED) is 0.0722. The third-order valence-corrected chi connectivity index (χ3v) is 16.4. The largest absolute Gasteiger partial charge is 0.491 e. The molecule has 2 saturated heterocycles. The summed E-state index contributed by atoms with van der Waals surface area (Å²) in [6.45, 7) is 7.29. The molecule has 2 aliphatic rings. The van der Waals surface area contributed by atoms with Crippen molar-refractivity contribution in [3.8, 4) is 11.5 Å². The number of hydrogen-bond acceptors (Lipinski definition) is 10. The Balaban J connectivity index is 1.10. The van der Waals surface area contributed by atoms with Gasteiger partial charge >= 0.3 is 12.1 Å². The summed E-state index contributed by atoms with van der Waals surface area (Å²) in [5.41, 5.74) is 3.65. The molecule has 2 fully saturated rings. The van der Waals surface area contributed by atoms with Crippen LogP contribution < -0.4 is 30.7 Å². The molecule has 6 rings (SSSR count). The molecular formula is C43H52N4O6S4. The summed E-state index contributed by atoms with van der Waals surface area (Å²) in [6, 6.07) is 34.1. The molecule has 2 aliphatic heterocycles. The lowest BCUT2D eigenvalue weighted by atomic mass is 9.99. The average Bonchev–Trinajstić information content (AvgIpc) is 3.24. The predicted octanol–water partition coefficient (Wildman–Crippen LogP) is 9.54. The van der Waals surface area contributed by atoms with Gasteiger partial charge in [0.1, 0.15) is 24.7 Å². The number of benzene rings is 4. The molecule has 0 aliphatic carbocycles. The number of nitrogens with one attached hydrogen (secondary N) is 4. The second kappa shape index (κ2) is 22.5. The van der Waals surface area contributed by atoms with Crippen LogP contribution in [0.3, 0.4) is 0 Å². The van der Waals surface area contributed by atoms with E-state index in [-0.39, 0.29) is 38.7 Å². The van der Waals surface area contributed by atoms with E-state index >= 15 is 0 Å². The molecule has 0 saturated carbocycles. The smallest absolute Gasteiger partial charge is 0.319 e. The van der Waals surface area contributed by atoms with Crippen LogP contribution in [0.4, 0.5) is 21.0 Å². The minimum atomic E-state index is -0.240. The normalized spacial score (nSPS) is 20.2. The summed E-state index contributed by atoms with van der Waals surface area (Å²) in [6.07, 6.45) is 0. The van der Waals surface area contributed by atoms with Crippen LogP contribution in [0.2, 0.25) is 0 Å². The van der Waals surface area contributed by atoms with Gasteiger partial charge in [0.15, 0.2) is 0 Å². The number of rotatable bonds is 18. The van der Waals surface area contributed by atoms with Gasteiger partial charge in [0.05, 0.1) is 34.5 Å². The topological polar surface area (TPSA) is 119 Å². The van der Waals surface area contributed by atoms with E-state index < -0.39 is 0 Å². The number of anilines is 2. The Morgan fingerprint density at radius 2 is 0.930 bits per heavy atom. The SMILES string of the molecule is CCOCCOc1ccc(C(NC(=O)Nc2ccccc2)C2SCC3(CS2)CSC(C(NC(=O)Nc2ccccc2)c2ccc(OCCOCC)cc2)SC3)cc1. The van der Waals surface area contributed by atoms with Crippen LogP contribution in [-0.4, -0.2) is 83.9 Å². The first-order valence-corrected chi connectivity index (χ1v) is 23.5. The molecule has 2 atom stereocenters. The fourth-order valence-corrected chi connectivity index (χ4v) is 13.6. The fraction of sp³-hybridized carbons (Fsp3) is 0.395. The molecule has 2 heterocycles. The number of carbonyl (C=O) groups is 2. The van der Waals surface area contributed by atoms with Gasteiger partial charge in [-0.05, 0) is 73.5 Å². The third kappa shape index (κ3) is 13.2. The molecule has 4 aromatic carbocycles. The Bertz CT molecular complexity index is 1660. The highest BCUT2D eigenvalue weighted by Crippen LogP contribution is 2.53. The van der Waals surface area contributed by atoms with Crippen molar-refractivity contribution in [1.82, 2.24) is 10.6 Å². The number of carbonyl (C=O) groups excluding carboxylic acids is 2.